The molecule has 1 amide bonds. The van der Waals surface area contributed by atoms with Crippen molar-refractivity contribution in [1.82, 2.24) is 25.1 Å². The lowest BCUT2D eigenvalue weighted by Crippen LogP contribution is -2.39. The van der Waals surface area contributed by atoms with Crippen LogP contribution in [-0.2, 0) is 11.8 Å². The van der Waals surface area contributed by atoms with Gasteiger partial charge >= 0.3 is 0 Å². The van der Waals surface area contributed by atoms with Crippen molar-refractivity contribution in [2.45, 2.75) is 62.9 Å². The normalized spacial score (nSPS) is 27.1. The highest BCUT2D eigenvalue weighted by molar-refractivity contribution is 5.88. The average molecular weight is 340 g/mol. The molecule has 3 aliphatic rings. The topological polar surface area (TPSA) is 75.9 Å². The van der Waals surface area contributed by atoms with Crippen molar-refractivity contribution in [3.05, 3.63) is 12.0 Å². The molecule has 2 aromatic rings. The minimum Gasteiger partial charge on any atom is -0.354 e. The fraction of sp³-hybridized carbons (Fsp3) is 0.667. The second kappa shape index (κ2) is 5.68. The number of nitrogens with one attached hydrogen (secondary N) is 1. The van der Waals surface area contributed by atoms with Gasteiger partial charge in [0.2, 0.25) is 5.91 Å². The van der Waals surface area contributed by atoms with Crippen LogP contribution in [0.3, 0.4) is 0 Å². The van der Waals surface area contributed by atoms with E-state index in [1.165, 1.54) is 25.7 Å². The van der Waals surface area contributed by atoms with E-state index < -0.39 is 0 Å². The van der Waals surface area contributed by atoms with Crippen LogP contribution in [0.4, 0.5) is 5.82 Å². The standard InChI is InChI=1S/C18H24N6O/c1-23-17-14(10-20-23)18(22-16(21-17)11-4-2-3-5-11)24-12-6-7-13(24)9-19-15(25)8-12/h10-13H,2-9H2,1H3,(H,19,25)/t12-,13+/m1/s1. The maximum atomic E-state index is 12.0. The van der Waals surface area contributed by atoms with E-state index in [-0.39, 0.29) is 11.9 Å². The van der Waals surface area contributed by atoms with Gasteiger partial charge in [-0.15, -0.1) is 0 Å². The highest BCUT2D eigenvalue weighted by Crippen LogP contribution is 2.39. The SMILES string of the molecule is Cn1ncc2c(N3[C@@H]4CC[C@H]3CNC(=O)C4)nc(C3CCCC3)nc21. The van der Waals surface area contributed by atoms with E-state index >= 15 is 0 Å². The van der Waals surface area contributed by atoms with Crippen LogP contribution in [0.25, 0.3) is 11.0 Å². The molecule has 25 heavy (non-hydrogen) atoms. The number of fused-ring (bicyclic) bond motifs is 3. The molecule has 7 nitrogen and oxygen atoms in total. The lowest BCUT2D eigenvalue weighted by molar-refractivity contribution is -0.121. The van der Waals surface area contributed by atoms with E-state index in [1.54, 1.807) is 0 Å². The van der Waals surface area contributed by atoms with Gasteiger partial charge in [0.15, 0.2) is 5.65 Å². The fourth-order valence-electron chi connectivity index (χ4n) is 4.81. The number of carbonyl (C=O) groups excluding carboxylic acids is 1. The van der Waals surface area contributed by atoms with Crippen LogP contribution in [0.1, 0.15) is 56.7 Å². The number of rotatable bonds is 2. The third-order valence-electron chi connectivity index (χ3n) is 6.13. The third kappa shape index (κ3) is 2.40. The monoisotopic (exact) mass is 340 g/mol. The van der Waals surface area contributed by atoms with Gasteiger partial charge in [-0.2, -0.15) is 5.10 Å². The Labute approximate surface area is 146 Å². The Morgan fingerprint density at radius 2 is 1.92 bits per heavy atom. The maximum Gasteiger partial charge on any atom is 0.222 e. The number of amides is 1. The molecule has 0 unspecified atom stereocenters. The van der Waals surface area contributed by atoms with Crippen LogP contribution in [-0.4, -0.2) is 44.3 Å². The largest absolute Gasteiger partial charge is 0.354 e. The van der Waals surface area contributed by atoms with Gasteiger partial charge in [0.05, 0.1) is 11.6 Å². The number of aryl methyl sites for hydroxylation is 1. The summed E-state index contributed by atoms with van der Waals surface area (Å²) in [4.78, 5) is 24.3. The van der Waals surface area contributed by atoms with Gasteiger partial charge in [-0.05, 0) is 25.7 Å². The molecule has 1 saturated carbocycles. The zero-order valence-corrected chi connectivity index (χ0v) is 14.6. The first kappa shape index (κ1) is 15.1. The summed E-state index contributed by atoms with van der Waals surface area (Å²) in [5.41, 5.74) is 0.912. The minimum absolute atomic E-state index is 0.157. The molecule has 1 aliphatic carbocycles. The van der Waals surface area contributed by atoms with E-state index in [1.807, 2.05) is 17.9 Å². The van der Waals surface area contributed by atoms with Gasteiger partial charge in [-0.3, -0.25) is 9.48 Å². The number of carbonyl (C=O) groups is 1. The Balaban J connectivity index is 1.65. The highest BCUT2D eigenvalue weighted by Gasteiger charge is 2.39. The molecule has 2 bridgehead atoms. The summed E-state index contributed by atoms with van der Waals surface area (Å²) in [5.74, 6) is 2.57. The molecule has 2 saturated heterocycles. The molecular formula is C18H24N6O. The van der Waals surface area contributed by atoms with Crippen LogP contribution < -0.4 is 10.2 Å². The minimum atomic E-state index is 0.157. The summed E-state index contributed by atoms with van der Waals surface area (Å²) >= 11 is 0. The number of hydrogen-bond acceptors (Lipinski definition) is 5. The number of nitrogens with zero attached hydrogens (tertiary/aromatic N) is 5. The summed E-state index contributed by atoms with van der Waals surface area (Å²) in [6, 6.07) is 0.563. The molecule has 3 fully saturated rings. The first-order chi connectivity index (χ1) is 12.2. The Morgan fingerprint density at radius 1 is 1.12 bits per heavy atom. The number of anilines is 1. The summed E-state index contributed by atoms with van der Waals surface area (Å²) in [6.45, 7) is 0.708. The quantitative estimate of drug-likeness (QED) is 0.903. The second-order valence-corrected chi connectivity index (χ2v) is 7.69. The molecule has 4 heterocycles. The first-order valence-corrected chi connectivity index (χ1v) is 9.45. The Morgan fingerprint density at radius 3 is 2.76 bits per heavy atom. The van der Waals surface area contributed by atoms with Gasteiger partial charge in [0.1, 0.15) is 11.6 Å². The molecule has 0 radical (unpaired) electrons. The summed E-state index contributed by atoms with van der Waals surface area (Å²) in [6.07, 6.45) is 9.48. The zero-order valence-electron chi connectivity index (χ0n) is 14.6. The predicted octanol–water partition coefficient (Wildman–Crippen LogP) is 1.88. The fourth-order valence-corrected chi connectivity index (χ4v) is 4.81. The van der Waals surface area contributed by atoms with Gasteiger partial charge in [-0.25, -0.2) is 9.97 Å². The highest BCUT2D eigenvalue weighted by atomic mass is 16.1. The van der Waals surface area contributed by atoms with E-state index in [9.17, 15) is 4.79 Å². The van der Waals surface area contributed by atoms with Crippen LogP contribution in [0.15, 0.2) is 6.20 Å². The molecule has 0 aromatic carbocycles. The van der Waals surface area contributed by atoms with Crippen molar-refractivity contribution in [1.29, 1.82) is 0 Å². The lowest BCUT2D eigenvalue weighted by Gasteiger charge is -2.29. The Hall–Kier alpha value is -2.18. The van der Waals surface area contributed by atoms with Crippen molar-refractivity contribution in [2.75, 3.05) is 11.4 Å². The number of hydrogen-bond donors (Lipinski definition) is 1. The van der Waals surface area contributed by atoms with E-state index in [4.69, 9.17) is 9.97 Å². The second-order valence-electron chi connectivity index (χ2n) is 7.69. The van der Waals surface area contributed by atoms with Crippen LogP contribution >= 0.6 is 0 Å². The summed E-state index contributed by atoms with van der Waals surface area (Å²) in [7, 11) is 1.94. The molecule has 5 rings (SSSR count). The molecular weight excluding hydrogens is 316 g/mol. The van der Waals surface area contributed by atoms with Crippen molar-refractivity contribution in [3.63, 3.8) is 0 Å². The molecule has 7 heteroatoms. The smallest absolute Gasteiger partial charge is 0.222 e. The van der Waals surface area contributed by atoms with Crippen LogP contribution in [0.2, 0.25) is 0 Å². The molecule has 1 N–H and O–H groups in total. The zero-order chi connectivity index (χ0) is 17.0. The van der Waals surface area contributed by atoms with Crippen molar-refractivity contribution < 1.29 is 4.79 Å². The van der Waals surface area contributed by atoms with Gasteiger partial charge in [-0.1, -0.05) is 12.8 Å². The van der Waals surface area contributed by atoms with Crippen molar-refractivity contribution in [3.8, 4) is 0 Å². The van der Waals surface area contributed by atoms with Crippen LogP contribution in [0.5, 0.6) is 0 Å². The van der Waals surface area contributed by atoms with Crippen molar-refractivity contribution >= 4 is 22.8 Å². The van der Waals surface area contributed by atoms with Gasteiger partial charge in [0.25, 0.3) is 0 Å². The van der Waals surface area contributed by atoms with Crippen molar-refractivity contribution in [2.24, 2.45) is 7.05 Å². The Kier molecular flexibility index (Phi) is 3.43. The lowest BCUT2D eigenvalue weighted by atomic mass is 10.1. The van der Waals surface area contributed by atoms with E-state index in [0.717, 1.165) is 35.5 Å². The first-order valence-electron chi connectivity index (χ1n) is 9.45. The van der Waals surface area contributed by atoms with Gasteiger partial charge < -0.3 is 10.2 Å². The summed E-state index contributed by atoms with van der Waals surface area (Å²) < 4.78 is 1.85. The molecule has 2 aliphatic heterocycles. The molecule has 2 atom stereocenters. The third-order valence-corrected chi connectivity index (χ3v) is 6.13. The molecule has 0 spiro atoms. The van der Waals surface area contributed by atoms with E-state index in [0.29, 0.717) is 24.9 Å². The van der Waals surface area contributed by atoms with Gasteiger partial charge in [0, 0.05) is 38.0 Å². The average Bonchev–Trinajstić information content (AvgIpc) is 3.30. The molecule has 132 valence electrons. The van der Waals surface area contributed by atoms with Crippen LogP contribution in [0, 0.1) is 0 Å². The predicted molar refractivity (Wildman–Crippen MR) is 94.4 cm³/mol. The van der Waals surface area contributed by atoms with E-state index in [2.05, 4.69) is 15.3 Å². The maximum absolute atomic E-state index is 12.0. The Bertz CT molecular complexity index is 824. The summed E-state index contributed by atoms with van der Waals surface area (Å²) in [5, 5.41) is 8.50. The number of aromatic nitrogens is 4. The molecule has 2 aromatic heterocycles.